The normalized spacial score (nSPS) is 23.1. The fraction of sp³-hybridized carbons (Fsp3) is 0.619. The lowest BCUT2D eigenvalue weighted by molar-refractivity contribution is -0.136. The number of carbonyl (C=O) groups is 2. The molecular weight excluding hydrogens is 326 g/mol. The summed E-state index contributed by atoms with van der Waals surface area (Å²) in [7, 11) is 1.83. The average molecular weight is 357 g/mol. The molecule has 3 rings (SSSR count). The van der Waals surface area contributed by atoms with E-state index in [0.29, 0.717) is 12.5 Å². The Kier molecular flexibility index (Phi) is 5.97. The van der Waals surface area contributed by atoms with Crippen LogP contribution in [0, 0.1) is 12.8 Å². The number of hydrogen-bond donors (Lipinski definition) is 1. The lowest BCUT2D eigenvalue weighted by Gasteiger charge is -2.31. The maximum atomic E-state index is 13.1. The van der Waals surface area contributed by atoms with Crippen molar-refractivity contribution in [2.45, 2.75) is 45.6 Å². The minimum absolute atomic E-state index is 0.00260. The zero-order chi connectivity index (χ0) is 18.7. The number of likely N-dealkylation sites (tertiary alicyclic amines) is 1. The molecule has 2 atom stereocenters. The minimum Gasteiger partial charge on any atom is -0.342 e. The zero-order valence-corrected chi connectivity index (χ0v) is 16.3. The van der Waals surface area contributed by atoms with E-state index in [1.807, 2.05) is 7.05 Å². The first-order valence-corrected chi connectivity index (χ1v) is 9.78. The van der Waals surface area contributed by atoms with Crippen LogP contribution in [0.5, 0.6) is 0 Å². The number of hydrogen-bond acceptors (Lipinski definition) is 3. The molecule has 0 radical (unpaired) electrons. The highest BCUT2D eigenvalue weighted by atomic mass is 16.2. The van der Waals surface area contributed by atoms with Crippen molar-refractivity contribution < 1.29 is 9.59 Å². The Morgan fingerprint density at radius 1 is 1.19 bits per heavy atom. The van der Waals surface area contributed by atoms with Gasteiger partial charge in [0.05, 0.1) is 5.92 Å². The van der Waals surface area contributed by atoms with Crippen molar-refractivity contribution in [3.63, 3.8) is 0 Å². The van der Waals surface area contributed by atoms with Crippen molar-refractivity contribution in [2.24, 2.45) is 5.92 Å². The molecule has 2 saturated heterocycles. The fourth-order valence-electron chi connectivity index (χ4n) is 4.21. The smallest absolute Gasteiger partial charge is 0.227 e. The topological polar surface area (TPSA) is 52.7 Å². The van der Waals surface area contributed by atoms with Gasteiger partial charge in [-0.05, 0) is 37.3 Å². The molecule has 2 heterocycles. The van der Waals surface area contributed by atoms with Gasteiger partial charge < -0.3 is 15.1 Å². The van der Waals surface area contributed by atoms with Crippen LogP contribution in [0.25, 0.3) is 0 Å². The third kappa shape index (κ3) is 4.09. The summed E-state index contributed by atoms with van der Waals surface area (Å²) in [6.45, 7) is 7.62. The SMILES string of the molecule is CC(=O)N(C)Cc1cc(C)ccc1[C@@H]1CNCC1C(=O)N1CCCCC1. The molecule has 1 unspecified atom stereocenters. The summed E-state index contributed by atoms with van der Waals surface area (Å²) >= 11 is 0. The van der Waals surface area contributed by atoms with Gasteiger partial charge in [-0.25, -0.2) is 0 Å². The van der Waals surface area contributed by atoms with E-state index in [1.54, 1.807) is 11.8 Å². The Bertz CT molecular complexity index is 667. The summed E-state index contributed by atoms with van der Waals surface area (Å²) in [5.74, 6) is 0.534. The number of benzene rings is 1. The maximum absolute atomic E-state index is 13.1. The summed E-state index contributed by atoms with van der Waals surface area (Å²) in [4.78, 5) is 28.6. The van der Waals surface area contributed by atoms with Crippen LogP contribution in [-0.2, 0) is 16.1 Å². The molecule has 0 saturated carbocycles. The van der Waals surface area contributed by atoms with Crippen LogP contribution in [0.1, 0.15) is 48.8 Å². The Hall–Kier alpha value is -1.88. The fourth-order valence-corrected chi connectivity index (χ4v) is 4.21. The molecule has 2 fully saturated rings. The van der Waals surface area contributed by atoms with Crippen molar-refractivity contribution in [1.29, 1.82) is 0 Å². The molecule has 2 aliphatic rings. The second-order valence-corrected chi connectivity index (χ2v) is 7.83. The molecule has 142 valence electrons. The van der Waals surface area contributed by atoms with E-state index in [0.717, 1.165) is 44.6 Å². The first-order valence-electron chi connectivity index (χ1n) is 9.78. The summed E-state index contributed by atoms with van der Waals surface area (Å²) in [5.41, 5.74) is 3.56. The molecule has 2 aliphatic heterocycles. The summed E-state index contributed by atoms with van der Waals surface area (Å²) < 4.78 is 0. The second-order valence-electron chi connectivity index (χ2n) is 7.83. The van der Waals surface area contributed by atoms with Crippen molar-refractivity contribution >= 4 is 11.8 Å². The molecule has 0 aliphatic carbocycles. The molecule has 5 heteroatoms. The Labute approximate surface area is 156 Å². The quantitative estimate of drug-likeness (QED) is 0.899. The monoisotopic (exact) mass is 357 g/mol. The van der Waals surface area contributed by atoms with Crippen LogP contribution in [0.15, 0.2) is 18.2 Å². The van der Waals surface area contributed by atoms with E-state index < -0.39 is 0 Å². The van der Waals surface area contributed by atoms with Gasteiger partial charge >= 0.3 is 0 Å². The molecule has 1 N–H and O–H groups in total. The Morgan fingerprint density at radius 3 is 2.62 bits per heavy atom. The van der Waals surface area contributed by atoms with E-state index in [2.05, 4.69) is 35.3 Å². The van der Waals surface area contributed by atoms with E-state index in [1.165, 1.54) is 17.5 Å². The molecule has 0 bridgehead atoms. The number of nitrogens with one attached hydrogen (secondary N) is 1. The van der Waals surface area contributed by atoms with Crippen molar-refractivity contribution in [3.8, 4) is 0 Å². The van der Waals surface area contributed by atoms with Crippen LogP contribution in [0.4, 0.5) is 0 Å². The Balaban J connectivity index is 1.84. The third-order valence-electron chi connectivity index (χ3n) is 5.84. The standard InChI is InChI=1S/C21H31N3O2/c1-15-7-8-18(17(11-15)14-23(3)16(2)25)19-12-22-13-20(19)21(26)24-9-5-4-6-10-24/h7-8,11,19-20,22H,4-6,9-10,12-14H2,1-3H3/t19-,20?/m0/s1. The highest BCUT2D eigenvalue weighted by Crippen LogP contribution is 2.33. The number of amides is 2. The highest BCUT2D eigenvalue weighted by Gasteiger charge is 2.37. The van der Waals surface area contributed by atoms with E-state index in [-0.39, 0.29) is 17.7 Å². The van der Waals surface area contributed by atoms with Gasteiger partial charge in [0, 0.05) is 52.6 Å². The number of aryl methyl sites for hydroxylation is 1. The predicted molar refractivity (Wildman–Crippen MR) is 103 cm³/mol. The van der Waals surface area contributed by atoms with Gasteiger partial charge in [-0.15, -0.1) is 0 Å². The molecule has 5 nitrogen and oxygen atoms in total. The summed E-state index contributed by atoms with van der Waals surface area (Å²) in [6, 6.07) is 6.44. The molecule has 2 amide bonds. The number of rotatable bonds is 4. The highest BCUT2D eigenvalue weighted by molar-refractivity contribution is 5.81. The van der Waals surface area contributed by atoms with Gasteiger partial charge in [0.2, 0.25) is 11.8 Å². The van der Waals surface area contributed by atoms with Gasteiger partial charge in [-0.2, -0.15) is 0 Å². The Morgan fingerprint density at radius 2 is 1.92 bits per heavy atom. The second kappa shape index (κ2) is 8.21. The van der Waals surface area contributed by atoms with Crippen LogP contribution in [0.2, 0.25) is 0 Å². The predicted octanol–water partition coefficient (Wildman–Crippen LogP) is 2.29. The molecule has 1 aromatic carbocycles. The van der Waals surface area contributed by atoms with E-state index >= 15 is 0 Å². The molecular formula is C21H31N3O2. The number of nitrogens with zero attached hydrogens (tertiary/aromatic N) is 2. The van der Waals surface area contributed by atoms with Crippen LogP contribution >= 0.6 is 0 Å². The van der Waals surface area contributed by atoms with Gasteiger partial charge in [0.1, 0.15) is 0 Å². The van der Waals surface area contributed by atoms with E-state index in [4.69, 9.17) is 0 Å². The van der Waals surface area contributed by atoms with Gasteiger partial charge in [-0.1, -0.05) is 23.8 Å². The molecule has 26 heavy (non-hydrogen) atoms. The summed E-state index contributed by atoms with van der Waals surface area (Å²) in [5, 5.41) is 3.43. The van der Waals surface area contributed by atoms with Crippen LogP contribution in [-0.4, -0.2) is 54.8 Å². The van der Waals surface area contributed by atoms with Gasteiger partial charge in [0.25, 0.3) is 0 Å². The van der Waals surface area contributed by atoms with E-state index in [9.17, 15) is 9.59 Å². The lowest BCUT2D eigenvalue weighted by Crippen LogP contribution is -2.41. The maximum Gasteiger partial charge on any atom is 0.227 e. The van der Waals surface area contributed by atoms with Crippen LogP contribution < -0.4 is 5.32 Å². The van der Waals surface area contributed by atoms with Crippen molar-refractivity contribution in [2.75, 3.05) is 33.2 Å². The molecule has 1 aromatic rings. The molecule has 0 aromatic heterocycles. The first-order chi connectivity index (χ1) is 12.5. The minimum atomic E-state index is -0.00260. The number of piperidine rings is 1. The number of carbonyl (C=O) groups excluding carboxylic acids is 2. The zero-order valence-electron chi connectivity index (χ0n) is 16.3. The van der Waals surface area contributed by atoms with Crippen LogP contribution in [0.3, 0.4) is 0 Å². The van der Waals surface area contributed by atoms with Crippen molar-refractivity contribution in [3.05, 3.63) is 34.9 Å². The third-order valence-corrected chi connectivity index (χ3v) is 5.84. The summed E-state index contributed by atoms with van der Waals surface area (Å²) in [6.07, 6.45) is 3.47. The lowest BCUT2D eigenvalue weighted by atomic mass is 9.84. The first kappa shape index (κ1) is 18.9. The van der Waals surface area contributed by atoms with Crippen molar-refractivity contribution in [1.82, 2.24) is 15.1 Å². The largest absolute Gasteiger partial charge is 0.342 e. The molecule has 0 spiro atoms. The average Bonchev–Trinajstić information content (AvgIpc) is 3.11. The van der Waals surface area contributed by atoms with Gasteiger partial charge in [-0.3, -0.25) is 9.59 Å². The van der Waals surface area contributed by atoms with Gasteiger partial charge in [0.15, 0.2) is 0 Å².